The van der Waals surface area contributed by atoms with Gasteiger partial charge < -0.3 is 5.32 Å². The standard InChI is InChI=1S/C12H5Cl4F3N2/c13-5-1-2-9(6(3-5)12(17,18)19)20-11-8(15)4-7(14)10(16)21-11/h1-4H,(H,20,21). The van der Waals surface area contributed by atoms with Crippen LogP contribution in [0.3, 0.4) is 0 Å². The van der Waals surface area contributed by atoms with E-state index in [2.05, 4.69) is 10.3 Å². The summed E-state index contributed by atoms with van der Waals surface area (Å²) in [5, 5.41) is 2.49. The molecule has 0 aliphatic rings. The van der Waals surface area contributed by atoms with Gasteiger partial charge in [0.1, 0.15) is 5.15 Å². The van der Waals surface area contributed by atoms with E-state index in [0.717, 1.165) is 6.07 Å². The van der Waals surface area contributed by atoms with E-state index in [1.54, 1.807) is 0 Å². The number of hydrogen-bond acceptors (Lipinski definition) is 2. The van der Waals surface area contributed by atoms with Gasteiger partial charge in [0.25, 0.3) is 0 Å². The summed E-state index contributed by atoms with van der Waals surface area (Å²) in [6.07, 6.45) is -4.59. The first-order valence-electron chi connectivity index (χ1n) is 5.34. The predicted molar refractivity (Wildman–Crippen MR) is 79.0 cm³/mol. The van der Waals surface area contributed by atoms with Gasteiger partial charge in [0.05, 0.1) is 21.3 Å². The van der Waals surface area contributed by atoms with E-state index < -0.39 is 11.7 Å². The van der Waals surface area contributed by atoms with Crippen LogP contribution >= 0.6 is 46.4 Å². The third-order valence-electron chi connectivity index (χ3n) is 2.43. The Labute approximate surface area is 137 Å². The number of halogens is 7. The predicted octanol–water partition coefficient (Wildman–Crippen LogP) is 6.46. The minimum Gasteiger partial charge on any atom is -0.338 e. The second-order valence-corrected chi connectivity index (χ2v) is 5.51. The maximum absolute atomic E-state index is 13.0. The van der Waals surface area contributed by atoms with E-state index in [0.29, 0.717) is 0 Å². The van der Waals surface area contributed by atoms with Crippen LogP contribution in [0.15, 0.2) is 24.3 Å². The molecule has 0 aliphatic heterocycles. The zero-order valence-corrected chi connectivity index (χ0v) is 12.9. The minimum absolute atomic E-state index is 0.0347. The Morgan fingerprint density at radius 3 is 2.24 bits per heavy atom. The molecular formula is C12H5Cl4F3N2. The van der Waals surface area contributed by atoms with Crippen molar-refractivity contribution in [2.75, 3.05) is 5.32 Å². The Bertz CT molecular complexity index is 689. The van der Waals surface area contributed by atoms with Crippen molar-refractivity contribution in [3.63, 3.8) is 0 Å². The van der Waals surface area contributed by atoms with Crippen LogP contribution in [-0.2, 0) is 6.18 Å². The van der Waals surface area contributed by atoms with Crippen molar-refractivity contribution < 1.29 is 13.2 Å². The summed E-state index contributed by atoms with van der Waals surface area (Å²) in [6.45, 7) is 0. The third-order valence-corrected chi connectivity index (χ3v) is 3.62. The van der Waals surface area contributed by atoms with Gasteiger partial charge in [-0.1, -0.05) is 46.4 Å². The van der Waals surface area contributed by atoms with Crippen molar-refractivity contribution in [3.8, 4) is 0 Å². The summed E-state index contributed by atoms with van der Waals surface area (Å²) in [6, 6.07) is 4.56. The van der Waals surface area contributed by atoms with Gasteiger partial charge in [-0.3, -0.25) is 0 Å². The highest BCUT2D eigenvalue weighted by Crippen LogP contribution is 2.39. The van der Waals surface area contributed by atoms with E-state index in [9.17, 15) is 13.2 Å². The van der Waals surface area contributed by atoms with Gasteiger partial charge >= 0.3 is 6.18 Å². The van der Waals surface area contributed by atoms with E-state index in [4.69, 9.17) is 46.4 Å². The summed E-state index contributed by atoms with van der Waals surface area (Å²) in [4.78, 5) is 3.80. The molecule has 1 aromatic carbocycles. The number of alkyl halides is 3. The number of pyridine rings is 1. The maximum Gasteiger partial charge on any atom is 0.418 e. The molecule has 1 N–H and O–H groups in total. The third kappa shape index (κ3) is 3.86. The second-order valence-electron chi connectivity index (χ2n) is 3.90. The largest absolute Gasteiger partial charge is 0.418 e. The number of anilines is 2. The maximum atomic E-state index is 13.0. The van der Waals surface area contributed by atoms with Gasteiger partial charge in [0, 0.05) is 5.02 Å². The van der Waals surface area contributed by atoms with Crippen LogP contribution in [0.5, 0.6) is 0 Å². The quantitative estimate of drug-likeness (QED) is 0.609. The van der Waals surface area contributed by atoms with Crippen LogP contribution in [0, 0.1) is 0 Å². The molecule has 2 nitrogen and oxygen atoms in total. The Kier molecular flexibility index (Phi) is 4.78. The summed E-state index contributed by atoms with van der Waals surface area (Å²) < 4.78 is 38.9. The van der Waals surface area contributed by atoms with Crippen LogP contribution in [-0.4, -0.2) is 4.98 Å². The fourth-order valence-corrected chi connectivity index (χ4v) is 2.24. The molecule has 1 heterocycles. The van der Waals surface area contributed by atoms with Crippen molar-refractivity contribution in [2.45, 2.75) is 6.18 Å². The topological polar surface area (TPSA) is 24.9 Å². The van der Waals surface area contributed by atoms with Gasteiger partial charge in [0.15, 0.2) is 5.82 Å². The smallest absolute Gasteiger partial charge is 0.338 e. The fourth-order valence-electron chi connectivity index (χ4n) is 1.52. The van der Waals surface area contributed by atoms with Gasteiger partial charge in [-0.05, 0) is 24.3 Å². The lowest BCUT2D eigenvalue weighted by molar-refractivity contribution is -0.136. The molecule has 0 saturated carbocycles. The molecule has 0 bridgehead atoms. The molecule has 0 amide bonds. The van der Waals surface area contributed by atoms with Crippen LogP contribution in [0.1, 0.15) is 5.56 Å². The van der Waals surface area contributed by atoms with E-state index >= 15 is 0 Å². The second kappa shape index (κ2) is 6.08. The van der Waals surface area contributed by atoms with Crippen LogP contribution in [0.4, 0.5) is 24.7 Å². The monoisotopic (exact) mass is 374 g/mol. The highest BCUT2D eigenvalue weighted by molar-refractivity contribution is 6.43. The van der Waals surface area contributed by atoms with Crippen LogP contribution in [0.2, 0.25) is 20.2 Å². The molecule has 0 spiro atoms. The average Bonchev–Trinajstić information content (AvgIpc) is 2.36. The van der Waals surface area contributed by atoms with Crippen LogP contribution < -0.4 is 5.32 Å². The number of hydrogen-bond donors (Lipinski definition) is 1. The van der Waals surface area contributed by atoms with Crippen LogP contribution in [0.25, 0.3) is 0 Å². The number of nitrogens with zero attached hydrogens (tertiary/aromatic N) is 1. The molecule has 0 saturated heterocycles. The lowest BCUT2D eigenvalue weighted by Crippen LogP contribution is -2.09. The normalized spacial score (nSPS) is 11.6. The summed E-state index contributed by atoms with van der Waals surface area (Å²) in [5.41, 5.74) is -1.20. The fraction of sp³-hybridized carbons (Fsp3) is 0.0833. The lowest BCUT2D eigenvalue weighted by Gasteiger charge is -2.15. The molecule has 112 valence electrons. The Morgan fingerprint density at radius 2 is 1.62 bits per heavy atom. The van der Waals surface area contributed by atoms with Gasteiger partial charge in [-0.15, -0.1) is 0 Å². The van der Waals surface area contributed by atoms with Gasteiger partial charge in [-0.2, -0.15) is 13.2 Å². The van der Waals surface area contributed by atoms with Crippen molar-refractivity contribution in [2.24, 2.45) is 0 Å². The molecule has 0 fully saturated rings. The number of rotatable bonds is 2. The molecule has 2 aromatic rings. The zero-order valence-electron chi connectivity index (χ0n) is 9.90. The molecule has 0 atom stereocenters. The molecule has 0 radical (unpaired) electrons. The number of aromatic nitrogens is 1. The van der Waals surface area contributed by atoms with E-state index in [1.165, 1.54) is 18.2 Å². The first-order chi connectivity index (χ1) is 9.68. The molecule has 1 aromatic heterocycles. The molecule has 21 heavy (non-hydrogen) atoms. The first-order valence-corrected chi connectivity index (χ1v) is 6.85. The highest BCUT2D eigenvalue weighted by atomic mass is 35.5. The lowest BCUT2D eigenvalue weighted by atomic mass is 10.1. The molecule has 2 rings (SSSR count). The molecule has 0 aliphatic carbocycles. The highest BCUT2D eigenvalue weighted by Gasteiger charge is 2.34. The van der Waals surface area contributed by atoms with Gasteiger partial charge in [-0.25, -0.2) is 4.98 Å². The Hall–Kier alpha value is -0.880. The molecular weight excluding hydrogens is 371 g/mol. The van der Waals surface area contributed by atoms with E-state index in [1.807, 2.05) is 0 Å². The first kappa shape index (κ1) is 16.5. The average molecular weight is 376 g/mol. The minimum atomic E-state index is -4.59. The zero-order chi connectivity index (χ0) is 15.8. The summed E-state index contributed by atoms with van der Waals surface area (Å²) in [7, 11) is 0. The Morgan fingerprint density at radius 1 is 0.952 bits per heavy atom. The van der Waals surface area contributed by atoms with Gasteiger partial charge in [0.2, 0.25) is 0 Å². The van der Waals surface area contributed by atoms with Crippen molar-refractivity contribution >= 4 is 57.9 Å². The molecule has 9 heteroatoms. The van der Waals surface area contributed by atoms with Crippen molar-refractivity contribution in [1.29, 1.82) is 0 Å². The Balaban J connectivity index is 2.47. The number of nitrogens with one attached hydrogen (secondary N) is 1. The van der Waals surface area contributed by atoms with Crippen molar-refractivity contribution in [1.82, 2.24) is 4.98 Å². The molecule has 0 unspecified atom stereocenters. The SMILES string of the molecule is FC(F)(F)c1cc(Cl)ccc1Nc1nc(Cl)c(Cl)cc1Cl. The number of benzene rings is 1. The summed E-state index contributed by atoms with van der Waals surface area (Å²) in [5.74, 6) is -0.0427. The van der Waals surface area contributed by atoms with Crippen molar-refractivity contribution in [3.05, 3.63) is 50.0 Å². The van der Waals surface area contributed by atoms with E-state index in [-0.39, 0.29) is 31.7 Å². The summed E-state index contributed by atoms with van der Waals surface area (Å²) >= 11 is 22.9.